The van der Waals surface area contributed by atoms with Gasteiger partial charge in [0.1, 0.15) is 11.3 Å². The number of aromatic nitrogens is 2. The van der Waals surface area contributed by atoms with E-state index < -0.39 is 27.9 Å². The van der Waals surface area contributed by atoms with Crippen LogP contribution in [0.5, 0.6) is 5.75 Å². The first-order chi connectivity index (χ1) is 19.7. The Hall–Kier alpha value is -3.69. The van der Waals surface area contributed by atoms with Gasteiger partial charge in [-0.05, 0) is 49.1 Å². The molecule has 239 valence electrons. The number of halogens is 1. The summed E-state index contributed by atoms with van der Waals surface area (Å²) in [6.45, 7) is 5.65. The number of carbonyl (C=O) groups excluding carboxylic acids is 1. The molecule has 0 spiro atoms. The van der Waals surface area contributed by atoms with Crippen molar-refractivity contribution >= 4 is 38.7 Å². The van der Waals surface area contributed by atoms with E-state index in [2.05, 4.69) is 39.6 Å². The zero-order chi connectivity index (χ0) is 31.0. The van der Waals surface area contributed by atoms with E-state index in [9.17, 15) is 19.8 Å². The minimum atomic E-state index is -4.94. The molecule has 0 bridgehead atoms. The van der Waals surface area contributed by atoms with Gasteiger partial charge < -0.3 is 30.2 Å². The van der Waals surface area contributed by atoms with Crippen LogP contribution in [0.15, 0.2) is 76.2 Å². The van der Waals surface area contributed by atoms with Crippen LogP contribution in [0.25, 0.3) is 32.8 Å². The van der Waals surface area contributed by atoms with Gasteiger partial charge in [-0.25, -0.2) is 23.4 Å². The van der Waals surface area contributed by atoms with E-state index in [1.807, 2.05) is 26.0 Å². The number of benzene rings is 2. The number of phenols is 1. The topological polar surface area (TPSA) is 252 Å². The van der Waals surface area contributed by atoms with Crippen LogP contribution in [0, 0.1) is 23.1 Å². The summed E-state index contributed by atoms with van der Waals surface area (Å²) >= 11 is 0. The van der Waals surface area contributed by atoms with Crippen molar-refractivity contribution in [2.75, 3.05) is 0 Å². The fourth-order valence-electron chi connectivity index (χ4n) is 4.24. The fraction of sp³-hybridized carbons (Fsp3) is 0.241. The van der Waals surface area contributed by atoms with Crippen LogP contribution < -0.4 is 34.7 Å². The standard InChI is InChI=1S/C17H21NO5.C12H8N2.ClHO4.Cu.H2O/c1-9(2)6-13(17(21)22)18-8-12-14(19)5-4-11-10(3)7-15(20)23-16(11)12;1-3-9-5-6-10-4-2-8-14-12(10)11(9)13-7-1;2-1(3,4)5;;/h4-5,7,9,13,18-19H,6,8H2,1-3H3,(H,21,22);1-8H;(H,2,3,4,5);;1H2/q;;;+2;/p-2. The predicted molar refractivity (Wildman–Crippen MR) is 145 cm³/mol. The molecule has 44 heavy (non-hydrogen) atoms. The van der Waals surface area contributed by atoms with Gasteiger partial charge in [0.05, 0.1) is 22.6 Å². The van der Waals surface area contributed by atoms with E-state index in [4.69, 9.17) is 23.1 Å². The summed E-state index contributed by atoms with van der Waals surface area (Å²) < 4.78 is 39.2. The number of rotatable bonds is 6. The van der Waals surface area contributed by atoms with Crippen molar-refractivity contribution < 1.29 is 70.8 Å². The molecule has 1 radical (unpaired) electrons. The average molecular weight is 680 g/mol. The molecule has 0 aliphatic heterocycles. The van der Waals surface area contributed by atoms with Gasteiger partial charge in [0.15, 0.2) is 0 Å². The van der Waals surface area contributed by atoms with Gasteiger partial charge in [-0.2, -0.15) is 0 Å². The quantitative estimate of drug-likeness (QED) is 0.115. The van der Waals surface area contributed by atoms with Crippen LogP contribution in [0.2, 0.25) is 0 Å². The maximum atomic E-state index is 11.6. The Bertz CT molecular complexity index is 1680. The molecule has 2 aromatic carbocycles. The third-order valence-electron chi connectivity index (χ3n) is 6.06. The number of carboxylic acids is 1. The van der Waals surface area contributed by atoms with Crippen LogP contribution in [-0.4, -0.2) is 32.6 Å². The van der Waals surface area contributed by atoms with E-state index in [-0.39, 0.29) is 46.3 Å². The Kier molecular flexibility index (Phi) is 14.8. The number of aryl methyl sites for hydroxylation is 1. The number of fused-ring (bicyclic) bond motifs is 4. The Morgan fingerprint density at radius 1 is 0.977 bits per heavy atom. The van der Waals surface area contributed by atoms with Crippen molar-refractivity contribution in [2.45, 2.75) is 39.8 Å². The summed E-state index contributed by atoms with van der Waals surface area (Å²) in [4.78, 5) is 31.5. The first-order valence-electron chi connectivity index (χ1n) is 12.6. The molecule has 3 aromatic heterocycles. The molecule has 3 heterocycles. The number of carboxylic acid groups (broad SMARTS) is 1. The van der Waals surface area contributed by atoms with Crippen molar-refractivity contribution in [3.8, 4) is 5.75 Å². The van der Waals surface area contributed by atoms with Crippen LogP contribution in [0.4, 0.5) is 0 Å². The Balaban J connectivity index is 0.000000391. The molecule has 5 aromatic rings. The maximum absolute atomic E-state index is 11.6. The van der Waals surface area contributed by atoms with Crippen LogP contribution in [0.3, 0.4) is 0 Å². The summed E-state index contributed by atoms with van der Waals surface area (Å²) in [5.74, 6) is -1.08. The van der Waals surface area contributed by atoms with Gasteiger partial charge in [0.25, 0.3) is 0 Å². The molecule has 0 aliphatic rings. The van der Waals surface area contributed by atoms with Gasteiger partial charge in [-0.3, -0.25) is 9.97 Å². The second kappa shape index (κ2) is 17.0. The Labute approximate surface area is 264 Å². The van der Waals surface area contributed by atoms with Crippen molar-refractivity contribution in [1.82, 2.24) is 15.3 Å². The van der Waals surface area contributed by atoms with E-state index in [1.54, 1.807) is 25.4 Å². The van der Waals surface area contributed by atoms with Gasteiger partial charge in [-0.1, -0.05) is 38.1 Å². The van der Waals surface area contributed by atoms with Crippen LogP contribution in [-0.2, 0) is 28.4 Å². The molecular weight excluding hydrogens is 649 g/mol. The monoisotopic (exact) mass is 678 g/mol. The largest absolute Gasteiger partial charge is 2.00 e. The molecule has 0 aliphatic carbocycles. The van der Waals surface area contributed by atoms with Crippen LogP contribution in [0.1, 0.15) is 31.4 Å². The Morgan fingerprint density at radius 3 is 1.98 bits per heavy atom. The summed E-state index contributed by atoms with van der Waals surface area (Å²) in [6, 6.07) is 15.8. The average Bonchev–Trinajstić information content (AvgIpc) is 2.91. The molecule has 13 nitrogen and oxygen atoms in total. The van der Waals surface area contributed by atoms with E-state index in [0.29, 0.717) is 17.4 Å². The minimum Gasteiger partial charge on any atom is -0.548 e. The third kappa shape index (κ3) is 11.1. The Morgan fingerprint density at radius 2 is 1.50 bits per heavy atom. The number of carbonyl (C=O) groups is 1. The van der Waals surface area contributed by atoms with E-state index >= 15 is 0 Å². The normalized spacial score (nSPS) is 11.5. The molecule has 0 fully saturated rings. The second-order valence-electron chi connectivity index (χ2n) is 9.66. The number of nitrogens with zero attached hydrogens (tertiary/aromatic N) is 2. The fourth-order valence-corrected chi connectivity index (χ4v) is 4.24. The summed E-state index contributed by atoms with van der Waals surface area (Å²) in [5.41, 5.74) is 2.80. The molecule has 5 rings (SSSR count). The molecule has 4 N–H and O–H groups in total. The van der Waals surface area contributed by atoms with Gasteiger partial charge in [0, 0.05) is 47.2 Å². The summed E-state index contributed by atoms with van der Waals surface area (Å²) in [6.07, 6.45) is 4.00. The third-order valence-corrected chi connectivity index (χ3v) is 6.06. The van der Waals surface area contributed by atoms with Gasteiger partial charge in [-0.15, -0.1) is 10.2 Å². The molecular formula is C29H30ClCuN3O10. The number of nitrogens with one attached hydrogen (secondary N) is 1. The number of phenolic OH excluding ortho intramolecular Hbond substituents is 1. The van der Waals surface area contributed by atoms with E-state index in [0.717, 1.165) is 27.4 Å². The first kappa shape index (κ1) is 38.3. The molecule has 1 unspecified atom stereocenters. The molecule has 0 saturated heterocycles. The molecule has 1 atom stereocenters. The zero-order valence-corrected chi connectivity index (χ0v) is 25.4. The molecule has 15 heteroatoms. The SMILES string of the molecule is Cc1cc(=O)oc2c(CNC(CC(C)C)C(=O)[O-])c(O)ccc12.O.[Cu+2].[O-][Cl+3]([O-])([O-])[O-].c1cnc2c(c1)ccc1cccnc12. The van der Waals surface area contributed by atoms with Crippen molar-refractivity contribution in [3.63, 3.8) is 0 Å². The van der Waals surface area contributed by atoms with Gasteiger partial charge in [0.2, 0.25) is 0 Å². The first-order valence-corrected chi connectivity index (χ1v) is 13.9. The zero-order valence-electron chi connectivity index (χ0n) is 23.7. The summed E-state index contributed by atoms with van der Waals surface area (Å²) in [7, 11) is -4.94. The maximum Gasteiger partial charge on any atom is 2.00 e. The predicted octanol–water partition coefficient (Wildman–Crippen LogP) is -1.74. The van der Waals surface area contributed by atoms with Crippen molar-refractivity contribution in [1.29, 1.82) is 0 Å². The number of aliphatic carboxylic acids is 1. The number of hydrogen-bond acceptors (Lipinski definition) is 12. The summed E-state index contributed by atoms with van der Waals surface area (Å²) in [5, 5.41) is 27.1. The minimum absolute atomic E-state index is 0. The van der Waals surface area contributed by atoms with Crippen molar-refractivity contribution in [2.24, 2.45) is 5.92 Å². The van der Waals surface area contributed by atoms with Crippen molar-refractivity contribution in [3.05, 3.63) is 88.5 Å². The number of hydrogen-bond donors (Lipinski definition) is 2. The van der Waals surface area contributed by atoms with E-state index in [1.165, 1.54) is 12.1 Å². The van der Waals surface area contributed by atoms with Crippen LogP contribution >= 0.6 is 0 Å². The molecule has 0 saturated carbocycles. The number of pyridine rings is 2. The van der Waals surface area contributed by atoms with Gasteiger partial charge >= 0.3 is 22.7 Å². The molecule has 0 amide bonds. The number of aromatic hydroxyl groups is 1. The second-order valence-corrected chi connectivity index (χ2v) is 10.4. The smallest absolute Gasteiger partial charge is 0.548 e.